The van der Waals surface area contributed by atoms with E-state index in [9.17, 15) is 22.8 Å². The highest BCUT2D eigenvalue weighted by Gasteiger charge is 2.43. The average Bonchev–Trinajstić information content (AvgIpc) is 3.65. The Bertz CT molecular complexity index is 1200. The first kappa shape index (κ1) is 26.2. The molecule has 3 fully saturated rings. The molecule has 7 nitrogen and oxygen atoms in total. The highest BCUT2D eigenvalue weighted by atomic mass is 19.3. The molecule has 2 aromatic rings. The average molecular weight is 533 g/mol. The number of halogens is 3. The van der Waals surface area contributed by atoms with Crippen molar-refractivity contribution < 1.29 is 37.0 Å². The molecule has 0 atom stereocenters. The second kappa shape index (κ2) is 10.7. The van der Waals surface area contributed by atoms with Gasteiger partial charge in [0.2, 0.25) is 0 Å². The van der Waals surface area contributed by atoms with Gasteiger partial charge in [-0.3, -0.25) is 9.59 Å². The molecule has 10 heteroatoms. The van der Waals surface area contributed by atoms with Crippen molar-refractivity contribution in [3.63, 3.8) is 0 Å². The van der Waals surface area contributed by atoms with E-state index in [4.69, 9.17) is 9.47 Å². The van der Waals surface area contributed by atoms with E-state index in [-0.39, 0.29) is 22.6 Å². The van der Waals surface area contributed by atoms with Crippen LogP contribution in [0.4, 0.5) is 13.2 Å². The van der Waals surface area contributed by atoms with Crippen LogP contribution >= 0.6 is 0 Å². The Morgan fingerprint density at radius 1 is 0.974 bits per heavy atom. The van der Waals surface area contributed by atoms with E-state index < -0.39 is 18.3 Å². The third-order valence-electron chi connectivity index (χ3n) is 7.82. The smallest absolute Gasteiger partial charge is 0.387 e. The summed E-state index contributed by atoms with van der Waals surface area (Å²) in [4.78, 5) is 29.7. The summed E-state index contributed by atoms with van der Waals surface area (Å²) in [6, 6.07) is 8.40. The zero-order valence-corrected chi connectivity index (χ0v) is 21.3. The van der Waals surface area contributed by atoms with E-state index in [0.29, 0.717) is 55.8 Å². The summed E-state index contributed by atoms with van der Waals surface area (Å²) in [7, 11) is 1.58. The third-order valence-corrected chi connectivity index (χ3v) is 7.82. The minimum absolute atomic E-state index is 0.0714. The Morgan fingerprint density at radius 3 is 2.32 bits per heavy atom. The normalized spacial score (nSPS) is 18.7. The molecule has 2 amide bonds. The number of hydrogen-bond donors (Lipinski definition) is 0. The molecule has 0 aromatic heterocycles. The summed E-state index contributed by atoms with van der Waals surface area (Å²) in [6.07, 6.45) is 4.55. The van der Waals surface area contributed by atoms with Gasteiger partial charge in [0.25, 0.3) is 11.8 Å². The number of likely N-dealkylation sites (tertiary alicyclic amines) is 2. The molecule has 0 bridgehead atoms. The largest absolute Gasteiger partial charge is 0.493 e. The van der Waals surface area contributed by atoms with Crippen molar-refractivity contribution in [3.8, 4) is 17.2 Å². The summed E-state index contributed by atoms with van der Waals surface area (Å²) >= 11 is 0. The molecule has 3 aliphatic rings. The summed E-state index contributed by atoms with van der Waals surface area (Å²) in [5.41, 5.74) is 0.237. The van der Waals surface area contributed by atoms with Crippen LogP contribution in [0.2, 0.25) is 0 Å². The zero-order valence-electron chi connectivity index (χ0n) is 21.3. The Morgan fingerprint density at radius 2 is 1.68 bits per heavy atom. The van der Waals surface area contributed by atoms with E-state index in [1.165, 1.54) is 12.1 Å². The summed E-state index contributed by atoms with van der Waals surface area (Å²) in [5, 5.41) is 0. The van der Waals surface area contributed by atoms with Crippen molar-refractivity contribution in [1.29, 1.82) is 0 Å². The number of rotatable bonds is 8. The highest BCUT2D eigenvalue weighted by Crippen LogP contribution is 2.41. The van der Waals surface area contributed by atoms with Gasteiger partial charge in [-0.1, -0.05) is 0 Å². The molecule has 2 aromatic carbocycles. The van der Waals surface area contributed by atoms with Crippen LogP contribution in [-0.2, 0) is 0 Å². The van der Waals surface area contributed by atoms with Gasteiger partial charge in [-0.15, -0.1) is 0 Å². The van der Waals surface area contributed by atoms with Crippen LogP contribution in [0.3, 0.4) is 0 Å². The van der Waals surface area contributed by atoms with Crippen LogP contribution in [0, 0.1) is 17.2 Å². The number of alkyl halides is 2. The first-order valence-corrected chi connectivity index (χ1v) is 12.9. The zero-order chi connectivity index (χ0) is 26.9. The minimum atomic E-state index is -3.07. The van der Waals surface area contributed by atoms with Crippen molar-refractivity contribution in [2.75, 3.05) is 39.9 Å². The predicted octanol–water partition coefficient (Wildman–Crippen LogP) is 4.99. The van der Waals surface area contributed by atoms with Crippen molar-refractivity contribution in [2.24, 2.45) is 11.3 Å². The fourth-order valence-electron chi connectivity index (χ4n) is 5.31. The third kappa shape index (κ3) is 5.68. The number of hydrogen-bond acceptors (Lipinski definition) is 5. The van der Waals surface area contributed by atoms with Crippen LogP contribution in [0.5, 0.6) is 17.2 Å². The number of amides is 2. The Hall–Kier alpha value is -3.43. The van der Waals surface area contributed by atoms with Gasteiger partial charge in [0.15, 0.2) is 11.5 Å². The van der Waals surface area contributed by atoms with Crippen LogP contribution in [-0.4, -0.2) is 68.1 Å². The number of piperidine rings is 1. The SMILES string of the molecule is COc1ccc(C(=O)N2CCC3(CC2)CCN(C(=O)c2ccc(OC(F)F)cc2F)C3)cc1OCC1CC1. The van der Waals surface area contributed by atoms with Crippen molar-refractivity contribution in [1.82, 2.24) is 9.80 Å². The predicted molar refractivity (Wildman–Crippen MR) is 132 cm³/mol. The Kier molecular flexibility index (Phi) is 7.40. The molecule has 204 valence electrons. The molecule has 2 heterocycles. The molecule has 1 saturated carbocycles. The van der Waals surface area contributed by atoms with E-state index in [2.05, 4.69) is 4.74 Å². The first-order chi connectivity index (χ1) is 18.3. The second-order valence-corrected chi connectivity index (χ2v) is 10.4. The fourth-order valence-corrected chi connectivity index (χ4v) is 5.31. The molecule has 38 heavy (non-hydrogen) atoms. The number of carbonyl (C=O) groups is 2. The summed E-state index contributed by atoms with van der Waals surface area (Å²) in [6.45, 7) is -0.406. The van der Waals surface area contributed by atoms with Gasteiger partial charge in [-0.05, 0) is 73.8 Å². The monoisotopic (exact) mass is 532 g/mol. The molecule has 1 spiro atoms. The number of benzene rings is 2. The van der Waals surface area contributed by atoms with Crippen molar-refractivity contribution >= 4 is 11.8 Å². The summed E-state index contributed by atoms with van der Waals surface area (Å²) in [5.74, 6) is -0.0216. The molecule has 0 radical (unpaired) electrons. The number of methoxy groups -OCH3 is 1. The van der Waals surface area contributed by atoms with E-state index in [0.717, 1.165) is 38.2 Å². The van der Waals surface area contributed by atoms with E-state index >= 15 is 0 Å². The lowest BCUT2D eigenvalue weighted by atomic mass is 9.77. The van der Waals surface area contributed by atoms with Gasteiger partial charge in [0.05, 0.1) is 19.3 Å². The second-order valence-electron chi connectivity index (χ2n) is 10.4. The molecule has 2 aliphatic heterocycles. The lowest BCUT2D eigenvalue weighted by Gasteiger charge is -2.39. The van der Waals surface area contributed by atoms with Crippen molar-refractivity contribution in [2.45, 2.75) is 38.7 Å². The van der Waals surface area contributed by atoms with Gasteiger partial charge in [-0.2, -0.15) is 8.78 Å². The lowest BCUT2D eigenvalue weighted by molar-refractivity contribution is -0.0500. The molecule has 0 N–H and O–H groups in total. The van der Waals surface area contributed by atoms with Crippen LogP contribution < -0.4 is 14.2 Å². The van der Waals surface area contributed by atoms with Crippen LogP contribution in [0.1, 0.15) is 52.8 Å². The molecule has 1 aliphatic carbocycles. The number of nitrogens with zero attached hydrogens (tertiary/aromatic N) is 2. The van der Waals surface area contributed by atoms with Gasteiger partial charge in [-0.25, -0.2) is 4.39 Å². The molecule has 5 rings (SSSR count). The van der Waals surface area contributed by atoms with Crippen molar-refractivity contribution in [3.05, 3.63) is 53.3 Å². The van der Waals surface area contributed by atoms with Gasteiger partial charge < -0.3 is 24.0 Å². The minimum Gasteiger partial charge on any atom is -0.493 e. The van der Waals surface area contributed by atoms with E-state index in [1.807, 2.05) is 4.90 Å². The maximum absolute atomic E-state index is 14.5. The fraction of sp³-hybridized carbons (Fsp3) is 0.500. The summed E-state index contributed by atoms with van der Waals surface area (Å²) < 4.78 is 54.7. The molecule has 0 unspecified atom stereocenters. The van der Waals surface area contributed by atoms with Gasteiger partial charge >= 0.3 is 6.61 Å². The first-order valence-electron chi connectivity index (χ1n) is 12.9. The number of carbonyl (C=O) groups excluding carboxylic acids is 2. The number of ether oxygens (including phenoxy) is 3. The molecular formula is C28H31F3N2O5. The standard InChI is InChI=1S/C28H31F3N2O5/c1-36-23-7-4-19(14-24(23)37-16-18-2-3-18)25(34)32-11-8-28(9-12-32)10-13-33(17-28)26(35)21-6-5-20(15-22(21)29)38-27(30)31/h4-7,14-15,18,27H,2-3,8-13,16-17H2,1H3. The Balaban J connectivity index is 1.19. The topological polar surface area (TPSA) is 68.3 Å². The maximum Gasteiger partial charge on any atom is 0.387 e. The molecule has 2 saturated heterocycles. The van der Waals surface area contributed by atoms with E-state index in [1.54, 1.807) is 30.2 Å². The lowest BCUT2D eigenvalue weighted by Crippen LogP contribution is -2.44. The maximum atomic E-state index is 14.5. The quantitative estimate of drug-likeness (QED) is 0.479. The van der Waals surface area contributed by atoms with Gasteiger partial charge in [0, 0.05) is 37.8 Å². The Labute approximate surface area is 219 Å². The van der Waals surface area contributed by atoms with Crippen LogP contribution in [0.15, 0.2) is 36.4 Å². The molecular weight excluding hydrogens is 501 g/mol. The highest BCUT2D eigenvalue weighted by molar-refractivity contribution is 5.95. The van der Waals surface area contributed by atoms with Crippen LogP contribution in [0.25, 0.3) is 0 Å². The van der Waals surface area contributed by atoms with Gasteiger partial charge in [0.1, 0.15) is 11.6 Å².